The Morgan fingerprint density at radius 1 is 1.21 bits per heavy atom. The Morgan fingerprint density at radius 3 is 2.89 bits per heavy atom. The number of hydrogen-bond donors (Lipinski definition) is 0. The second-order valence-corrected chi connectivity index (χ2v) is 7.49. The fraction of sp³-hybridized carbons (Fsp3) is 0.292. The van der Waals surface area contributed by atoms with Crippen LogP contribution >= 0.6 is 0 Å². The molecule has 0 N–H and O–H groups in total. The highest BCUT2D eigenvalue weighted by molar-refractivity contribution is 5.80. The summed E-state index contributed by atoms with van der Waals surface area (Å²) < 4.78 is 11.2. The molecule has 1 aliphatic carbocycles. The van der Waals surface area contributed by atoms with Crippen molar-refractivity contribution in [1.82, 2.24) is 4.90 Å². The molecule has 0 aliphatic heterocycles. The molecule has 0 fully saturated rings. The highest BCUT2D eigenvalue weighted by Crippen LogP contribution is 2.37. The SMILES string of the molecule is COc1cccc2c1CC=C[C@@]2(C=O)CN(C)CCc1cccc2ccoc12. The van der Waals surface area contributed by atoms with E-state index in [2.05, 4.69) is 36.2 Å². The van der Waals surface area contributed by atoms with Crippen LogP contribution in [0.1, 0.15) is 16.7 Å². The number of fused-ring (bicyclic) bond motifs is 2. The molecule has 1 aromatic heterocycles. The summed E-state index contributed by atoms with van der Waals surface area (Å²) in [6.45, 7) is 1.46. The van der Waals surface area contributed by atoms with Gasteiger partial charge in [-0.2, -0.15) is 0 Å². The zero-order valence-electron chi connectivity index (χ0n) is 16.4. The van der Waals surface area contributed by atoms with Crippen molar-refractivity contribution >= 4 is 17.3 Å². The van der Waals surface area contributed by atoms with E-state index in [-0.39, 0.29) is 0 Å². The summed E-state index contributed by atoms with van der Waals surface area (Å²) in [5.41, 5.74) is 3.65. The van der Waals surface area contributed by atoms with Crippen molar-refractivity contribution in [2.75, 3.05) is 27.2 Å². The zero-order chi connectivity index (χ0) is 19.6. The summed E-state index contributed by atoms with van der Waals surface area (Å²) in [6, 6.07) is 14.2. The maximum Gasteiger partial charge on any atom is 0.137 e. The molecule has 4 heteroatoms. The molecule has 0 bridgehead atoms. The molecule has 0 spiro atoms. The van der Waals surface area contributed by atoms with Crippen molar-refractivity contribution in [2.45, 2.75) is 18.3 Å². The number of carbonyl (C=O) groups excluding carboxylic acids is 1. The van der Waals surface area contributed by atoms with Gasteiger partial charge in [0.2, 0.25) is 0 Å². The average Bonchev–Trinajstić information content (AvgIpc) is 3.21. The highest BCUT2D eigenvalue weighted by atomic mass is 16.5. The van der Waals surface area contributed by atoms with Crippen molar-refractivity contribution in [3.05, 3.63) is 77.6 Å². The summed E-state index contributed by atoms with van der Waals surface area (Å²) in [6.07, 6.45) is 8.59. The van der Waals surface area contributed by atoms with Crippen molar-refractivity contribution in [1.29, 1.82) is 0 Å². The first-order valence-electron chi connectivity index (χ1n) is 9.61. The molecule has 0 saturated heterocycles. The lowest BCUT2D eigenvalue weighted by molar-refractivity contribution is -0.111. The predicted molar refractivity (Wildman–Crippen MR) is 111 cm³/mol. The lowest BCUT2D eigenvalue weighted by atomic mass is 9.74. The molecule has 1 heterocycles. The number of ether oxygens (including phenoxy) is 1. The number of methoxy groups -OCH3 is 1. The minimum Gasteiger partial charge on any atom is -0.496 e. The Balaban J connectivity index is 1.54. The van der Waals surface area contributed by atoms with Crippen LogP contribution in [0.5, 0.6) is 5.75 Å². The summed E-state index contributed by atoms with van der Waals surface area (Å²) in [4.78, 5) is 14.5. The maximum absolute atomic E-state index is 12.3. The smallest absolute Gasteiger partial charge is 0.137 e. The predicted octanol–water partition coefficient (Wildman–Crippen LogP) is 4.16. The molecule has 28 heavy (non-hydrogen) atoms. The molecular weight excluding hydrogens is 350 g/mol. The fourth-order valence-corrected chi connectivity index (χ4v) is 4.25. The van der Waals surface area contributed by atoms with E-state index in [0.29, 0.717) is 6.54 Å². The molecule has 0 amide bonds. The van der Waals surface area contributed by atoms with Crippen molar-refractivity contribution in [3.63, 3.8) is 0 Å². The Bertz CT molecular complexity index is 1020. The number of aldehydes is 1. The van der Waals surface area contributed by atoms with Crippen LogP contribution in [0.4, 0.5) is 0 Å². The molecule has 2 aromatic carbocycles. The summed E-state index contributed by atoms with van der Waals surface area (Å²) in [7, 11) is 3.74. The molecule has 0 unspecified atom stereocenters. The van der Waals surface area contributed by atoms with Gasteiger partial charge in [-0.05, 0) is 43.1 Å². The first-order valence-corrected chi connectivity index (χ1v) is 9.61. The van der Waals surface area contributed by atoms with Gasteiger partial charge >= 0.3 is 0 Å². The fourth-order valence-electron chi connectivity index (χ4n) is 4.25. The van der Waals surface area contributed by atoms with Crippen molar-refractivity contribution < 1.29 is 13.9 Å². The summed E-state index contributed by atoms with van der Waals surface area (Å²) in [5, 5.41) is 1.13. The second kappa shape index (κ2) is 7.64. The number of allylic oxidation sites excluding steroid dienone is 1. The van der Waals surface area contributed by atoms with Crippen LogP contribution < -0.4 is 4.74 Å². The van der Waals surface area contributed by atoms with Gasteiger partial charge in [0.05, 0.1) is 18.8 Å². The number of nitrogens with zero attached hydrogens (tertiary/aromatic N) is 1. The van der Waals surface area contributed by atoms with Gasteiger partial charge in [0.1, 0.15) is 17.6 Å². The van der Waals surface area contributed by atoms with Gasteiger partial charge in [-0.15, -0.1) is 0 Å². The monoisotopic (exact) mass is 375 g/mol. The van der Waals surface area contributed by atoms with Crippen molar-refractivity contribution in [3.8, 4) is 5.75 Å². The Morgan fingerprint density at radius 2 is 2.07 bits per heavy atom. The lowest BCUT2D eigenvalue weighted by Crippen LogP contribution is -2.41. The van der Waals surface area contributed by atoms with Crippen LogP contribution in [0.15, 0.2) is 65.3 Å². The van der Waals surface area contributed by atoms with Gasteiger partial charge < -0.3 is 18.8 Å². The molecule has 3 aromatic rings. The van der Waals surface area contributed by atoms with Gasteiger partial charge in [0.25, 0.3) is 0 Å². The number of furan rings is 1. The minimum atomic E-state index is -0.645. The number of benzene rings is 2. The van der Waals surface area contributed by atoms with E-state index in [1.54, 1.807) is 13.4 Å². The van der Waals surface area contributed by atoms with Gasteiger partial charge in [-0.1, -0.05) is 42.5 Å². The van der Waals surface area contributed by atoms with Crippen molar-refractivity contribution in [2.24, 2.45) is 0 Å². The zero-order valence-corrected chi connectivity index (χ0v) is 16.4. The van der Waals surface area contributed by atoms with E-state index >= 15 is 0 Å². The third-order valence-electron chi connectivity index (χ3n) is 5.66. The quantitative estimate of drug-likeness (QED) is 0.459. The van der Waals surface area contributed by atoms with Crippen LogP contribution in [0.25, 0.3) is 11.0 Å². The molecular formula is C24H25NO3. The van der Waals surface area contributed by atoms with Crippen LogP contribution in [0, 0.1) is 0 Å². The Hall–Kier alpha value is -2.85. The van der Waals surface area contributed by atoms with Gasteiger partial charge in [-0.25, -0.2) is 0 Å². The third-order valence-corrected chi connectivity index (χ3v) is 5.66. The number of para-hydroxylation sites is 1. The molecule has 4 rings (SSSR count). The summed E-state index contributed by atoms with van der Waals surface area (Å²) >= 11 is 0. The molecule has 0 radical (unpaired) electrons. The van der Waals surface area contributed by atoms with Gasteiger partial charge in [0.15, 0.2) is 0 Å². The Labute approximate surface area is 165 Å². The second-order valence-electron chi connectivity index (χ2n) is 7.49. The lowest BCUT2D eigenvalue weighted by Gasteiger charge is -2.34. The number of likely N-dealkylation sites (N-methyl/N-ethyl adjacent to an activating group) is 1. The van der Waals surface area contributed by atoms with Crippen LogP contribution in [0.3, 0.4) is 0 Å². The van der Waals surface area contributed by atoms with Crippen LogP contribution in [0.2, 0.25) is 0 Å². The highest BCUT2D eigenvalue weighted by Gasteiger charge is 2.35. The van der Waals surface area contributed by atoms with E-state index in [1.807, 2.05) is 30.3 Å². The van der Waals surface area contributed by atoms with Gasteiger partial charge in [0, 0.05) is 24.0 Å². The average molecular weight is 375 g/mol. The number of carbonyl (C=O) groups is 1. The standard InChI is InChI=1S/C24H25NO3/c1-25(14-11-18-6-3-7-19-12-15-28-23(18)19)16-24(17-26)13-5-8-20-21(24)9-4-10-22(20)27-2/h3-7,9-10,12-13,15,17H,8,11,14,16H2,1-2H3/t24-/m0/s1. The van der Waals surface area contributed by atoms with E-state index < -0.39 is 5.41 Å². The maximum atomic E-state index is 12.3. The van der Waals surface area contributed by atoms with E-state index in [1.165, 1.54) is 5.56 Å². The topological polar surface area (TPSA) is 42.7 Å². The largest absolute Gasteiger partial charge is 0.496 e. The van der Waals surface area contributed by atoms with E-state index in [4.69, 9.17) is 9.15 Å². The first-order chi connectivity index (χ1) is 13.7. The van der Waals surface area contributed by atoms with E-state index in [0.717, 1.165) is 53.5 Å². The van der Waals surface area contributed by atoms with Crippen LogP contribution in [-0.4, -0.2) is 38.4 Å². The summed E-state index contributed by atoms with van der Waals surface area (Å²) in [5.74, 6) is 0.847. The molecule has 1 atom stereocenters. The molecule has 1 aliphatic rings. The molecule has 144 valence electrons. The van der Waals surface area contributed by atoms with E-state index in [9.17, 15) is 4.79 Å². The normalized spacial score (nSPS) is 18.4. The number of rotatable bonds is 7. The van der Waals surface area contributed by atoms with Crippen LogP contribution in [-0.2, 0) is 23.1 Å². The minimum absolute atomic E-state index is 0.626. The Kier molecular flexibility index (Phi) is 5.05. The third kappa shape index (κ3) is 3.25. The molecule has 0 saturated carbocycles. The van der Waals surface area contributed by atoms with Gasteiger partial charge in [-0.3, -0.25) is 0 Å². The number of hydrogen-bond acceptors (Lipinski definition) is 4. The first kappa shape index (κ1) is 18.5. The molecule has 4 nitrogen and oxygen atoms in total.